The molecule has 1 fully saturated rings. The average Bonchev–Trinajstić information content (AvgIpc) is 2.60. The zero-order valence-corrected chi connectivity index (χ0v) is 16.0. The minimum absolute atomic E-state index is 0.0593. The van der Waals surface area contributed by atoms with Crippen LogP contribution in [0.15, 0.2) is 35.6 Å². The summed E-state index contributed by atoms with van der Waals surface area (Å²) in [6.07, 6.45) is 2.72. The number of amides is 1. The number of anilines is 1. The molecule has 0 radical (unpaired) electrons. The molecule has 3 rings (SSSR count). The van der Waals surface area contributed by atoms with E-state index in [1.165, 1.54) is 29.4 Å². The number of alkyl halides is 3. The minimum Gasteiger partial charge on any atom is -0.352 e. The van der Waals surface area contributed by atoms with Crippen molar-refractivity contribution in [1.82, 2.24) is 14.9 Å². The molecule has 1 aliphatic rings. The lowest BCUT2D eigenvalue weighted by atomic mass is 10.2. The lowest BCUT2D eigenvalue weighted by Gasteiger charge is -2.36. The number of halogens is 5. The highest BCUT2D eigenvalue weighted by Gasteiger charge is 2.33. The van der Waals surface area contributed by atoms with Crippen LogP contribution in [-0.2, 0) is 0 Å². The first kappa shape index (κ1) is 20.0. The fourth-order valence-corrected chi connectivity index (χ4v) is 3.77. The van der Waals surface area contributed by atoms with Gasteiger partial charge in [0, 0.05) is 50.3 Å². The molecule has 0 N–H and O–H groups in total. The molecular weight excluding hydrogens is 424 g/mol. The van der Waals surface area contributed by atoms with E-state index in [4.69, 9.17) is 23.2 Å². The summed E-state index contributed by atoms with van der Waals surface area (Å²) in [7, 11) is 0. The predicted molar refractivity (Wildman–Crippen MR) is 98.5 cm³/mol. The van der Waals surface area contributed by atoms with Gasteiger partial charge in [-0.15, -0.1) is 0 Å². The summed E-state index contributed by atoms with van der Waals surface area (Å²) < 4.78 is 38.1. The number of hydrogen-bond donors (Lipinski definition) is 0. The number of carbonyl (C=O) groups is 1. The first-order chi connectivity index (χ1) is 12.7. The van der Waals surface area contributed by atoms with Crippen LogP contribution in [0.3, 0.4) is 0 Å². The normalized spacial score (nSPS) is 15.1. The van der Waals surface area contributed by atoms with E-state index in [9.17, 15) is 18.0 Å². The third-order valence-corrected chi connectivity index (χ3v) is 5.10. The zero-order valence-electron chi connectivity index (χ0n) is 13.7. The zero-order chi connectivity index (χ0) is 19.6. The molecule has 1 saturated heterocycles. The second-order valence-electron chi connectivity index (χ2n) is 5.64. The number of piperazine rings is 1. The molecule has 1 amide bonds. The van der Waals surface area contributed by atoms with Crippen molar-refractivity contribution in [3.8, 4) is 0 Å². The molecule has 0 bridgehead atoms. The first-order valence-electron chi connectivity index (χ1n) is 7.80. The number of hydrogen-bond acceptors (Lipinski definition) is 5. The molecule has 0 unspecified atom stereocenters. The van der Waals surface area contributed by atoms with E-state index in [1.54, 1.807) is 6.07 Å². The maximum Gasteiger partial charge on any atom is 0.447 e. The summed E-state index contributed by atoms with van der Waals surface area (Å²) in [6.45, 7) is 1.54. The summed E-state index contributed by atoms with van der Waals surface area (Å²) in [5, 5.41) is 0.474. The molecule has 0 aromatic carbocycles. The van der Waals surface area contributed by atoms with Gasteiger partial charge in [-0.05, 0) is 18.2 Å². The number of nitrogens with zero attached hydrogens (tertiary/aromatic N) is 4. The number of thioether (sulfide) groups is 1. The molecule has 1 aliphatic heterocycles. The van der Waals surface area contributed by atoms with Gasteiger partial charge in [-0.3, -0.25) is 4.79 Å². The van der Waals surface area contributed by atoms with Crippen LogP contribution in [0, 0.1) is 0 Å². The summed E-state index contributed by atoms with van der Waals surface area (Å²) in [4.78, 5) is 24.0. The van der Waals surface area contributed by atoms with Crippen LogP contribution in [0.1, 0.15) is 10.4 Å². The Morgan fingerprint density at radius 2 is 1.85 bits per heavy atom. The molecule has 11 heteroatoms. The summed E-state index contributed by atoms with van der Waals surface area (Å²) in [5.74, 6) is 0.0764. The van der Waals surface area contributed by atoms with Crippen LogP contribution in [0.25, 0.3) is 0 Å². The van der Waals surface area contributed by atoms with Crippen molar-refractivity contribution in [2.24, 2.45) is 0 Å². The van der Waals surface area contributed by atoms with Crippen molar-refractivity contribution in [3.05, 3.63) is 46.2 Å². The fourth-order valence-electron chi connectivity index (χ4n) is 2.68. The lowest BCUT2D eigenvalue weighted by Crippen LogP contribution is -2.49. The SMILES string of the molecule is O=C(c1cccnc1SC(F)(F)F)N1CCN(c2ncc(Cl)cc2Cl)CC1. The Morgan fingerprint density at radius 1 is 1.15 bits per heavy atom. The van der Waals surface area contributed by atoms with E-state index in [2.05, 4.69) is 9.97 Å². The Hall–Kier alpha value is -1.71. The highest BCUT2D eigenvalue weighted by Crippen LogP contribution is 2.37. The van der Waals surface area contributed by atoms with Gasteiger partial charge in [0.15, 0.2) is 0 Å². The summed E-state index contributed by atoms with van der Waals surface area (Å²) in [5.41, 5.74) is -4.57. The van der Waals surface area contributed by atoms with Gasteiger partial charge in [0.05, 0.1) is 15.6 Å². The standard InChI is InChI=1S/C16H13Cl2F3N4OS/c17-10-8-12(18)13(23-9-10)24-4-6-25(7-5-24)15(26)11-2-1-3-22-14(11)27-16(19,20)21/h1-3,8-9H,4-7H2. The van der Waals surface area contributed by atoms with Gasteiger partial charge in [-0.2, -0.15) is 13.2 Å². The third-order valence-electron chi connectivity index (χ3n) is 3.87. The Balaban J connectivity index is 1.70. The molecule has 0 saturated carbocycles. The molecule has 0 atom stereocenters. The lowest BCUT2D eigenvalue weighted by molar-refractivity contribution is -0.0329. The van der Waals surface area contributed by atoms with Crippen LogP contribution < -0.4 is 4.90 Å². The van der Waals surface area contributed by atoms with Crippen molar-refractivity contribution >= 4 is 46.7 Å². The van der Waals surface area contributed by atoms with Crippen LogP contribution in [0.5, 0.6) is 0 Å². The van der Waals surface area contributed by atoms with Crippen molar-refractivity contribution < 1.29 is 18.0 Å². The monoisotopic (exact) mass is 436 g/mol. The van der Waals surface area contributed by atoms with Crippen LogP contribution >= 0.6 is 35.0 Å². The Kier molecular flexibility index (Phi) is 6.02. The van der Waals surface area contributed by atoms with Crippen molar-refractivity contribution in [2.45, 2.75) is 10.5 Å². The van der Waals surface area contributed by atoms with Gasteiger partial charge in [-0.1, -0.05) is 23.2 Å². The van der Waals surface area contributed by atoms with E-state index in [1.807, 2.05) is 4.90 Å². The largest absolute Gasteiger partial charge is 0.447 e. The summed E-state index contributed by atoms with van der Waals surface area (Å²) >= 11 is 11.6. The predicted octanol–water partition coefficient (Wildman–Crippen LogP) is 4.36. The van der Waals surface area contributed by atoms with Crippen LogP contribution in [-0.4, -0.2) is 52.5 Å². The quantitative estimate of drug-likeness (QED) is 0.669. The van der Waals surface area contributed by atoms with Crippen LogP contribution in [0.2, 0.25) is 10.0 Å². The smallest absolute Gasteiger partial charge is 0.352 e. The van der Waals surface area contributed by atoms with Gasteiger partial charge in [0.2, 0.25) is 0 Å². The first-order valence-corrected chi connectivity index (χ1v) is 9.38. The molecule has 5 nitrogen and oxygen atoms in total. The van der Waals surface area contributed by atoms with E-state index in [0.29, 0.717) is 42.0 Å². The van der Waals surface area contributed by atoms with E-state index in [0.717, 1.165) is 0 Å². The van der Waals surface area contributed by atoms with E-state index in [-0.39, 0.29) is 22.4 Å². The third kappa shape index (κ3) is 4.97. The molecular formula is C16H13Cl2F3N4OS. The molecule has 3 heterocycles. The number of pyridine rings is 2. The molecule has 2 aromatic heterocycles. The second kappa shape index (κ2) is 8.12. The highest BCUT2D eigenvalue weighted by molar-refractivity contribution is 8.00. The molecule has 144 valence electrons. The number of carbonyl (C=O) groups excluding carboxylic acids is 1. The van der Waals surface area contributed by atoms with Gasteiger partial charge < -0.3 is 9.80 Å². The minimum atomic E-state index is -4.51. The topological polar surface area (TPSA) is 49.3 Å². The maximum atomic E-state index is 12.7. The molecule has 0 spiro atoms. The Bertz CT molecular complexity index is 845. The number of aromatic nitrogens is 2. The molecule has 2 aromatic rings. The van der Waals surface area contributed by atoms with E-state index >= 15 is 0 Å². The fraction of sp³-hybridized carbons (Fsp3) is 0.312. The van der Waals surface area contributed by atoms with Crippen LogP contribution in [0.4, 0.5) is 19.0 Å². The maximum absolute atomic E-state index is 12.7. The average molecular weight is 437 g/mol. The van der Waals surface area contributed by atoms with Crippen molar-refractivity contribution in [2.75, 3.05) is 31.1 Å². The van der Waals surface area contributed by atoms with Crippen molar-refractivity contribution in [3.63, 3.8) is 0 Å². The van der Waals surface area contributed by atoms with Gasteiger partial charge >= 0.3 is 5.51 Å². The number of rotatable bonds is 3. The highest BCUT2D eigenvalue weighted by atomic mass is 35.5. The molecule has 27 heavy (non-hydrogen) atoms. The molecule has 0 aliphatic carbocycles. The van der Waals surface area contributed by atoms with E-state index < -0.39 is 11.4 Å². The Labute approximate surface area is 167 Å². The van der Waals surface area contributed by atoms with Gasteiger partial charge in [0.1, 0.15) is 10.8 Å². The van der Waals surface area contributed by atoms with Gasteiger partial charge in [0.25, 0.3) is 5.91 Å². The Morgan fingerprint density at radius 3 is 2.48 bits per heavy atom. The van der Waals surface area contributed by atoms with Crippen molar-refractivity contribution in [1.29, 1.82) is 0 Å². The van der Waals surface area contributed by atoms with Gasteiger partial charge in [-0.25, -0.2) is 9.97 Å². The second-order valence-corrected chi connectivity index (χ2v) is 7.54. The summed E-state index contributed by atoms with van der Waals surface area (Å²) in [6, 6.07) is 4.38.